The highest BCUT2D eigenvalue weighted by Crippen LogP contribution is 2.25. The van der Waals surface area contributed by atoms with E-state index in [0.717, 1.165) is 5.56 Å². The molecular formula is C22H28N2O4S. The Morgan fingerprint density at radius 1 is 1.03 bits per heavy atom. The molecule has 0 bridgehead atoms. The second-order valence-corrected chi connectivity index (χ2v) is 9.24. The van der Waals surface area contributed by atoms with Crippen LogP contribution in [0.5, 0.6) is 0 Å². The van der Waals surface area contributed by atoms with Crippen LogP contribution >= 0.6 is 0 Å². The highest BCUT2D eigenvalue weighted by atomic mass is 32.2. The smallest absolute Gasteiger partial charge is 0.243 e. The van der Waals surface area contributed by atoms with Crippen molar-refractivity contribution in [2.75, 3.05) is 32.8 Å². The van der Waals surface area contributed by atoms with E-state index in [0.29, 0.717) is 32.4 Å². The van der Waals surface area contributed by atoms with Crippen molar-refractivity contribution in [1.82, 2.24) is 9.21 Å². The van der Waals surface area contributed by atoms with Crippen LogP contribution in [0.1, 0.15) is 18.4 Å². The maximum atomic E-state index is 13.1. The first-order valence-electron chi connectivity index (χ1n) is 10.0. The summed E-state index contributed by atoms with van der Waals surface area (Å²) in [6.07, 6.45) is 2.01. The summed E-state index contributed by atoms with van der Waals surface area (Å²) < 4.78 is 27.3. The number of benzene rings is 2. The Kier molecular flexibility index (Phi) is 7.41. The third-order valence-corrected chi connectivity index (χ3v) is 7.19. The molecule has 1 N–H and O–H groups in total. The van der Waals surface area contributed by atoms with Gasteiger partial charge in [-0.15, -0.1) is 0 Å². The topological polar surface area (TPSA) is 77.9 Å². The van der Waals surface area contributed by atoms with Gasteiger partial charge in [-0.2, -0.15) is 4.31 Å². The lowest BCUT2D eigenvalue weighted by molar-refractivity contribution is -0.137. The van der Waals surface area contributed by atoms with E-state index < -0.39 is 10.0 Å². The zero-order valence-corrected chi connectivity index (χ0v) is 17.3. The number of aliphatic hydroxyl groups excluding tert-OH is 1. The number of carbonyl (C=O) groups excluding carboxylic acids is 1. The van der Waals surface area contributed by atoms with Crippen LogP contribution in [0.15, 0.2) is 65.6 Å². The van der Waals surface area contributed by atoms with E-state index in [1.807, 2.05) is 30.3 Å². The summed E-state index contributed by atoms with van der Waals surface area (Å²) in [6.45, 7) is 1.26. The second-order valence-electron chi connectivity index (χ2n) is 7.30. The van der Waals surface area contributed by atoms with Crippen LogP contribution < -0.4 is 0 Å². The number of aliphatic hydroxyl groups is 1. The maximum absolute atomic E-state index is 13.1. The molecule has 2 aromatic carbocycles. The highest BCUT2D eigenvalue weighted by molar-refractivity contribution is 7.89. The van der Waals surface area contributed by atoms with Crippen LogP contribution in [0.25, 0.3) is 0 Å². The molecule has 0 saturated carbocycles. The molecule has 2 aromatic rings. The Hall–Kier alpha value is -2.22. The Labute approximate surface area is 172 Å². The van der Waals surface area contributed by atoms with Gasteiger partial charge in [-0.1, -0.05) is 48.5 Å². The molecular weight excluding hydrogens is 388 g/mol. The standard InChI is InChI=1S/C22H28N2O4S/c25-17-16-23(15-13-19-8-3-1-4-9-19)22(26)20-10-7-14-24(18-20)29(27,28)21-11-5-2-6-12-21/h1-6,8-9,11-12,20,25H,7,10,13-18H2. The van der Waals surface area contributed by atoms with E-state index in [-0.39, 0.29) is 36.4 Å². The lowest BCUT2D eigenvalue weighted by atomic mass is 9.97. The lowest BCUT2D eigenvalue weighted by Crippen LogP contribution is -2.47. The van der Waals surface area contributed by atoms with E-state index in [1.54, 1.807) is 35.2 Å². The lowest BCUT2D eigenvalue weighted by Gasteiger charge is -2.34. The van der Waals surface area contributed by atoms with Gasteiger partial charge in [0.15, 0.2) is 0 Å². The molecule has 156 valence electrons. The summed E-state index contributed by atoms with van der Waals surface area (Å²) in [5.41, 5.74) is 1.13. The monoisotopic (exact) mass is 416 g/mol. The molecule has 6 nitrogen and oxygen atoms in total. The first-order chi connectivity index (χ1) is 14.0. The zero-order chi connectivity index (χ0) is 20.7. The number of amides is 1. The third-order valence-electron chi connectivity index (χ3n) is 5.31. The van der Waals surface area contributed by atoms with Crippen LogP contribution in [-0.2, 0) is 21.2 Å². The predicted molar refractivity (Wildman–Crippen MR) is 112 cm³/mol. The van der Waals surface area contributed by atoms with E-state index in [4.69, 9.17) is 0 Å². The molecule has 0 aromatic heterocycles. The van der Waals surface area contributed by atoms with Gasteiger partial charge in [0.05, 0.1) is 17.4 Å². The SMILES string of the molecule is O=C(C1CCCN(S(=O)(=O)c2ccccc2)C1)N(CCO)CCc1ccccc1. The van der Waals surface area contributed by atoms with Gasteiger partial charge in [-0.05, 0) is 37.0 Å². The van der Waals surface area contributed by atoms with E-state index >= 15 is 0 Å². The minimum Gasteiger partial charge on any atom is -0.395 e. The van der Waals surface area contributed by atoms with Crippen molar-refractivity contribution >= 4 is 15.9 Å². The molecule has 3 rings (SSSR count). The second kappa shape index (κ2) is 10.0. The Balaban J connectivity index is 1.68. The maximum Gasteiger partial charge on any atom is 0.243 e. The molecule has 1 fully saturated rings. The van der Waals surface area contributed by atoms with Gasteiger partial charge >= 0.3 is 0 Å². The van der Waals surface area contributed by atoms with E-state index in [2.05, 4.69) is 0 Å². The summed E-state index contributed by atoms with van der Waals surface area (Å²) in [6, 6.07) is 18.2. The van der Waals surface area contributed by atoms with Crippen LogP contribution in [0, 0.1) is 5.92 Å². The molecule has 1 aliphatic heterocycles. The summed E-state index contributed by atoms with van der Waals surface area (Å²) in [5.74, 6) is -0.465. The molecule has 1 amide bonds. The summed E-state index contributed by atoms with van der Waals surface area (Å²) in [4.78, 5) is 15.0. The predicted octanol–water partition coefficient (Wildman–Crippen LogP) is 2.15. The number of rotatable bonds is 8. The van der Waals surface area contributed by atoms with Crippen molar-refractivity contribution in [2.45, 2.75) is 24.2 Å². The first kappa shape index (κ1) is 21.5. The average molecular weight is 417 g/mol. The Bertz CT molecular complexity index is 888. The zero-order valence-electron chi connectivity index (χ0n) is 16.5. The van der Waals surface area contributed by atoms with Crippen LogP contribution in [-0.4, -0.2) is 61.4 Å². The molecule has 1 atom stereocenters. The van der Waals surface area contributed by atoms with Crippen molar-refractivity contribution in [3.63, 3.8) is 0 Å². The summed E-state index contributed by atoms with van der Waals surface area (Å²) in [5, 5.41) is 9.41. The van der Waals surface area contributed by atoms with Crippen molar-refractivity contribution < 1.29 is 18.3 Å². The largest absolute Gasteiger partial charge is 0.395 e. The van der Waals surface area contributed by atoms with E-state index in [1.165, 1.54) is 4.31 Å². The fourth-order valence-electron chi connectivity index (χ4n) is 3.72. The highest BCUT2D eigenvalue weighted by Gasteiger charge is 2.34. The minimum atomic E-state index is -3.61. The Morgan fingerprint density at radius 2 is 1.69 bits per heavy atom. The van der Waals surface area contributed by atoms with Gasteiger partial charge in [-0.3, -0.25) is 4.79 Å². The minimum absolute atomic E-state index is 0.0806. The quantitative estimate of drug-likeness (QED) is 0.715. The van der Waals surface area contributed by atoms with Gasteiger partial charge in [0, 0.05) is 26.2 Å². The van der Waals surface area contributed by atoms with Gasteiger partial charge in [0.2, 0.25) is 15.9 Å². The number of carbonyl (C=O) groups is 1. The van der Waals surface area contributed by atoms with Crippen molar-refractivity contribution in [3.05, 3.63) is 66.2 Å². The molecule has 1 unspecified atom stereocenters. The molecule has 1 heterocycles. The van der Waals surface area contributed by atoms with Gasteiger partial charge < -0.3 is 10.0 Å². The van der Waals surface area contributed by atoms with Gasteiger partial charge in [-0.25, -0.2) is 8.42 Å². The molecule has 0 aliphatic carbocycles. The average Bonchev–Trinajstić information content (AvgIpc) is 2.77. The fraction of sp³-hybridized carbons (Fsp3) is 0.409. The number of sulfonamides is 1. The van der Waals surface area contributed by atoms with E-state index in [9.17, 15) is 18.3 Å². The molecule has 1 saturated heterocycles. The number of piperidine rings is 1. The molecule has 1 aliphatic rings. The van der Waals surface area contributed by atoms with Gasteiger partial charge in [0.1, 0.15) is 0 Å². The van der Waals surface area contributed by atoms with Crippen molar-refractivity contribution in [2.24, 2.45) is 5.92 Å². The molecule has 7 heteroatoms. The van der Waals surface area contributed by atoms with Crippen molar-refractivity contribution in [3.8, 4) is 0 Å². The Morgan fingerprint density at radius 3 is 2.34 bits per heavy atom. The van der Waals surface area contributed by atoms with Crippen LogP contribution in [0.4, 0.5) is 0 Å². The summed E-state index contributed by atoms with van der Waals surface area (Å²) in [7, 11) is -3.61. The molecule has 0 spiro atoms. The molecule has 29 heavy (non-hydrogen) atoms. The first-order valence-corrected chi connectivity index (χ1v) is 11.4. The van der Waals surface area contributed by atoms with Crippen LogP contribution in [0.3, 0.4) is 0 Å². The number of hydrogen-bond acceptors (Lipinski definition) is 4. The molecule has 0 radical (unpaired) electrons. The third kappa shape index (κ3) is 5.44. The van der Waals surface area contributed by atoms with Crippen molar-refractivity contribution in [1.29, 1.82) is 0 Å². The number of hydrogen-bond donors (Lipinski definition) is 1. The summed E-state index contributed by atoms with van der Waals surface area (Å²) >= 11 is 0. The van der Waals surface area contributed by atoms with Crippen LogP contribution in [0.2, 0.25) is 0 Å². The van der Waals surface area contributed by atoms with Gasteiger partial charge in [0.25, 0.3) is 0 Å². The fourth-order valence-corrected chi connectivity index (χ4v) is 5.27. The normalized spacial score (nSPS) is 17.8. The number of nitrogens with zero attached hydrogens (tertiary/aromatic N) is 2.